The number of rotatable bonds is 23. The molecule has 2 aromatic heterocycles. The van der Waals surface area contributed by atoms with Crippen molar-refractivity contribution in [3.8, 4) is 11.5 Å². The number of aromatic nitrogens is 4. The Bertz CT molecular complexity index is 3480. The third kappa shape index (κ3) is 13.4. The van der Waals surface area contributed by atoms with Gasteiger partial charge in [-0.1, -0.05) is 18.9 Å². The van der Waals surface area contributed by atoms with E-state index in [0.29, 0.717) is 84.4 Å². The Morgan fingerprint density at radius 1 is 0.910 bits per heavy atom. The van der Waals surface area contributed by atoms with E-state index < -0.39 is 76.0 Å². The lowest BCUT2D eigenvalue weighted by atomic mass is 9.88. The Hall–Kier alpha value is -5.06. The molecular weight excluding hydrogens is 1110 g/mol. The fourth-order valence-corrected chi connectivity index (χ4v) is 13.9. The van der Waals surface area contributed by atoms with Gasteiger partial charge < -0.3 is 60.5 Å². The number of carbonyl (C=O) groups excluding carboxylic acids is 1. The normalized spacial score (nSPS) is 21.9. The Kier molecular flexibility index (Phi) is 17.0. The van der Waals surface area contributed by atoms with Crippen LogP contribution >= 0.6 is 23.5 Å². The number of phosphoric acid groups is 3. The number of nitrogen functional groups attached to an aromatic ring is 1. The predicted octanol–water partition coefficient (Wildman–Crippen LogP) is 3.57. The number of benzene rings is 2. The maximum Gasteiger partial charge on any atom is 0.490 e. The highest BCUT2D eigenvalue weighted by Gasteiger charge is 2.48. The number of nitrogens with two attached hydrogens (primary N) is 1. The van der Waals surface area contributed by atoms with Crippen LogP contribution in [0.1, 0.15) is 97.4 Å². The largest absolute Gasteiger partial charge is 0.490 e. The number of imidazole rings is 1. The van der Waals surface area contributed by atoms with Crippen LogP contribution in [0.15, 0.2) is 47.7 Å². The smallest absolute Gasteiger partial charge is 0.452 e. The summed E-state index contributed by atoms with van der Waals surface area (Å²) in [6, 6.07) is 7.69. The lowest BCUT2D eigenvalue weighted by Gasteiger charge is -2.43. The number of carbonyl (C=O) groups is 1. The minimum atomic E-state index is -5.82. The molecule has 0 saturated carbocycles. The number of fused-ring (bicyclic) bond motifs is 5. The molecule has 4 aliphatic rings. The highest BCUT2D eigenvalue weighted by molar-refractivity contribution is 7.86. The van der Waals surface area contributed by atoms with Crippen LogP contribution in [0.25, 0.3) is 22.3 Å². The Balaban J connectivity index is 0.852. The van der Waals surface area contributed by atoms with Crippen LogP contribution < -0.4 is 41.3 Å². The van der Waals surface area contributed by atoms with Crippen LogP contribution in [0.2, 0.25) is 0 Å². The van der Waals surface area contributed by atoms with Crippen molar-refractivity contribution in [2.45, 2.75) is 116 Å². The molecule has 0 radical (unpaired) electrons. The molecule has 28 nitrogen and oxygen atoms in total. The molecule has 0 spiro atoms. The first-order valence-corrected chi connectivity index (χ1v) is 31.0. The lowest BCUT2D eigenvalue weighted by molar-refractivity contribution is -0.121. The summed E-state index contributed by atoms with van der Waals surface area (Å²) >= 11 is 0. The summed E-state index contributed by atoms with van der Waals surface area (Å²) in [4.78, 5) is 70.0. The highest BCUT2D eigenvalue weighted by Crippen LogP contribution is 2.66. The van der Waals surface area contributed by atoms with E-state index in [-0.39, 0.29) is 40.8 Å². The van der Waals surface area contributed by atoms with Crippen LogP contribution in [0, 0.1) is 0 Å². The first-order valence-electron chi connectivity index (χ1n) is 24.8. The second-order valence-corrected chi connectivity index (χ2v) is 26.2. The van der Waals surface area contributed by atoms with Gasteiger partial charge in [0.1, 0.15) is 48.0 Å². The Morgan fingerprint density at radius 3 is 2.32 bits per heavy atom. The fourth-order valence-electron chi connectivity index (χ4n) is 10.3. The molecule has 78 heavy (non-hydrogen) atoms. The lowest BCUT2D eigenvalue weighted by Crippen LogP contribution is -2.50. The van der Waals surface area contributed by atoms with Gasteiger partial charge in [0.15, 0.2) is 40.2 Å². The summed E-state index contributed by atoms with van der Waals surface area (Å²) in [6.07, 6.45) is 1.99. The van der Waals surface area contributed by atoms with E-state index in [1.807, 2.05) is 38.1 Å². The summed E-state index contributed by atoms with van der Waals surface area (Å²) in [5.41, 5.74) is 10.2. The Morgan fingerprint density at radius 2 is 1.63 bits per heavy atom. The summed E-state index contributed by atoms with van der Waals surface area (Å²) in [5, 5.41) is 29.2. The van der Waals surface area contributed by atoms with E-state index in [1.165, 1.54) is 4.57 Å². The predicted molar refractivity (Wildman–Crippen MR) is 283 cm³/mol. The molecule has 8 rings (SSSR count). The number of ether oxygens (including phenoxy) is 2. The number of amides is 1. The number of likely N-dealkylation sites (N-methyl/N-ethyl adjacent to an activating group) is 1. The van der Waals surface area contributed by atoms with Crippen molar-refractivity contribution < 1.29 is 83.9 Å². The van der Waals surface area contributed by atoms with E-state index in [9.17, 15) is 51.5 Å². The van der Waals surface area contributed by atoms with Crippen molar-refractivity contribution in [1.82, 2.24) is 29.4 Å². The molecule has 0 aliphatic carbocycles. The zero-order valence-corrected chi connectivity index (χ0v) is 46.9. The second-order valence-electron chi connectivity index (χ2n) is 20.3. The van der Waals surface area contributed by atoms with Gasteiger partial charge in [0.2, 0.25) is 17.2 Å². The molecule has 1 amide bonds. The quantitative estimate of drug-likeness (QED) is 0.0193. The van der Waals surface area contributed by atoms with Gasteiger partial charge in [-0.3, -0.25) is 18.4 Å². The standard InChI is InChI=1S/C46H63N10O18P3S/c1-7-54-32-19-34-30(17-28(32)26(2)21-45(54,3)4)52-31-18-29-27(24-78(67,68)69)22-46(5,6)55(33(29)20-35(31)71-34)16-12-13-37(57)48-14-10-8-9-11-15-49-44-53-38-41(47)50-25-51-42(38)56(44)43-40(59)39(58)36(72-43)23-70-76(63,64)74-77(65,66)73-75(60,61)62/h17-22,25,36,39-40,43,47,52,58-59H,7-16,23-24H2,1-6H3,(H6,48,57,60,61,62,63,64,65,66,67,68,69)/p+1/t36-,39-,40-,43-/m1/s1. The van der Waals surface area contributed by atoms with Gasteiger partial charge in [0.25, 0.3) is 10.1 Å². The van der Waals surface area contributed by atoms with Crippen LogP contribution in [-0.2, 0) is 46.5 Å². The van der Waals surface area contributed by atoms with E-state index in [1.54, 1.807) is 6.07 Å². The van der Waals surface area contributed by atoms with E-state index >= 15 is 0 Å². The summed E-state index contributed by atoms with van der Waals surface area (Å²) < 4.78 is 97.5. The Labute approximate surface area is 447 Å². The van der Waals surface area contributed by atoms with Gasteiger partial charge in [-0.25, -0.2) is 38.2 Å². The molecule has 426 valence electrons. The molecule has 6 atom stereocenters. The van der Waals surface area contributed by atoms with Gasteiger partial charge in [-0.2, -0.15) is 17.0 Å². The number of aliphatic hydroxyl groups is 2. The number of nitrogens with one attached hydrogen (secondary N) is 2. The number of unbranched alkanes of at least 4 members (excludes halogenated alkanes) is 3. The average Bonchev–Trinajstić information content (AvgIpc) is 3.75. The SMILES string of the molecule is CCN1c2cc3c(cc2C(C)=CC1(C)C)N=c1cc2c(cc1O3)=[N+](CCCC(=O)NCCCCCCNc1nc3c(N)ncnc3n1[C@@H]1O[C@H](COP(=O)(O)OP(=O)(O)OP(=O)(O)O)[C@@H](O)[C@H]1O)C(C)(C)C=C2CS(=O)(=O)O. The van der Waals surface area contributed by atoms with Gasteiger partial charge in [-0.15, -0.1) is 0 Å². The molecule has 0 bridgehead atoms. The number of hydrogen-bond acceptors (Lipinski definition) is 20. The fraction of sp³-hybridized carbons (Fsp3) is 0.522. The van der Waals surface area contributed by atoms with E-state index in [4.69, 9.17) is 30.0 Å². The molecule has 1 saturated heterocycles. The number of aliphatic hydroxyl groups excluding tert-OH is 2. The molecule has 32 heteroatoms. The number of hydrogen-bond donors (Lipinski definition) is 10. The van der Waals surface area contributed by atoms with Crippen molar-refractivity contribution in [3.05, 3.63) is 64.6 Å². The van der Waals surface area contributed by atoms with Gasteiger partial charge in [0.05, 0.1) is 23.8 Å². The van der Waals surface area contributed by atoms with Crippen molar-refractivity contribution in [2.75, 3.05) is 54.5 Å². The van der Waals surface area contributed by atoms with Crippen molar-refractivity contribution in [2.24, 2.45) is 4.99 Å². The third-order valence-corrected chi connectivity index (χ3v) is 18.0. The van der Waals surface area contributed by atoms with Gasteiger partial charge in [0, 0.05) is 63.6 Å². The zero-order chi connectivity index (χ0) is 56.9. The number of allylic oxidation sites excluding steroid dienone is 1. The minimum Gasteiger partial charge on any atom is -0.452 e. The maximum atomic E-state index is 13.1. The van der Waals surface area contributed by atoms with Gasteiger partial charge >= 0.3 is 23.5 Å². The maximum absolute atomic E-state index is 13.1. The summed E-state index contributed by atoms with van der Waals surface area (Å²) in [6.45, 7) is 13.3. The van der Waals surface area contributed by atoms with E-state index in [0.717, 1.165) is 36.1 Å². The molecule has 6 heterocycles. The molecule has 4 aromatic rings. The molecule has 11 N–H and O–H groups in total. The van der Waals surface area contributed by atoms with E-state index in [2.05, 4.69) is 82.0 Å². The number of phosphoric ester groups is 1. The minimum absolute atomic E-state index is 0.0258. The monoisotopic (exact) mass is 1170 g/mol. The van der Waals surface area contributed by atoms with Gasteiger partial charge in [-0.05, 0) is 69.9 Å². The van der Waals surface area contributed by atoms with Crippen LogP contribution in [-0.4, -0.2) is 136 Å². The first-order chi connectivity index (χ1) is 36.4. The second kappa shape index (κ2) is 22.5. The molecule has 2 aromatic carbocycles. The van der Waals surface area contributed by atoms with Crippen molar-refractivity contribution >= 4 is 84.9 Å². The molecular formula is C46H64N10O18P3S+. The van der Waals surface area contributed by atoms with Crippen LogP contribution in [0.3, 0.4) is 0 Å². The van der Waals surface area contributed by atoms with Crippen molar-refractivity contribution in [1.29, 1.82) is 0 Å². The molecule has 1 fully saturated rings. The number of nitrogens with zero attached hydrogens (tertiary/aromatic N) is 7. The van der Waals surface area contributed by atoms with Crippen molar-refractivity contribution in [3.63, 3.8) is 0 Å². The summed E-state index contributed by atoms with van der Waals surface area (Å²) in [5.74, 6) is 0.406. The zero-order valence-electron chi connectivity index (χ0n) is 43.4. The summed E-state index contributed by atoms with van der Waals surface area (Å²) in [7, 11) is -21.5. The highest BCUT2D eigenvalue weighted by atomic mass is 32.2. The first kappa shape index (κ1) is 59.1. The average molecular weight is 1170 g/mol. The topological polar surface area (TPSA) is 402 Å². The van der Waals surface area contributed by atoms with Crippen LogP contribution in [0.4, 0.5) is 23.1 Å². The van der Waals surface area contributed by atoms with Crippen LogP contribution in [0.5, 0.6) is 11.5 Å². The number of anilines is 3. The molecule has 2 unspecified atom stereocenters. The molecule has 4 aliphatic heterocycles. The third-order valence-electron chi connectivity index (χ3n) is 13.5.